The number of hydrogen-bond acceptors (Lipinski definition) is 7. The Morgan fingerprint density at radius 2 is 0.880 bits per heavy atom. The lowest BCUT2D eigenvalue weighted by Gasteiger charge is -2.34. The average Bonchev–Trinajstić information content (AvgIpc) is 3.06. The summed E-state index contributed by atoms with van der Waals surface area (Å²) in [6.07, 6.45) is 32.7. The van der Waals surface area contributed by atoms with Gasteiger partial charge in [0, 0.05) is 19.3 Å². The van der Waals surface area contributed by atoms with E-state index in [1.165, 1.54) is 128 Å². The van der Waals surface area contributed by atoms with Gasteiger partial charge in [-0.3, -0.25) is 9.59 Å². The largest absolute Gasteiger partial charge is 0.544 e. The molecule has 0 bridgehead atoms. The topological polar surface area (TPSA) is 102 Å². The first-order valence-corrected chi connectivity index (χ1v) is 21.1. The van der Waals surface area contributed by atoms with Crippen LogP contribution in [-0.2, 0) is 28.6 Å². The molecule has 0 radical (unpaired) electrons. The van der Waals surface area contributed by atoms with Crippen molar-refractivity contribution in [1.29, 1.82) is 0 Å². The van der Waals surface area contributed by atoms with Gasteiger partial charge in [-0.15, -0.1) is 0 Å². The first-order chi connectivity index (χ1) is 24.1. The molecular formula is C42H81NO7. The van der Waals surface area contributed by atoms with Gasteiger partial charge in [-0.05, 0) is 12.8 Å². The number of carbonyl (C=O) groups is 3. The van der Waals surface area contributed by atoms with Crippen molar-refractivity contribution in [2.24, 2.45) is 0 Å². The zero-order chi connectivity index (χ0) is 37.1. The number of hydrogen-bond donors (Lipinski definition) is 0. The molecule has 0 aromatic carbocycles. The summed E-state index contributed by atoms with van der Waals surface area (Å²) in [6.45, 7) is 4.66. The van der Waals surface area contributed by atoms with Crippen molar-refractivity contribution in [3.05, 3.63) is 0 Å². The lowest BCUT2D eigenvalue weighted by atomic mass is 10.0. The molecule has 0 aromatic heterocycles. The molecule has 0 aromatic rings. The number of carboxylic acids is 1. The summed E-state index contributed by atoms with van der Waals surface area (Å²) >= 11 is 0. The summed E-state index contributed by atoms with van der Waals surface area (Å²) in [5.41, 5.74) is 0. The number of carboxylic acid groups (broad SMARTS) is 1. The number of nitrogens with zero attached hydrogens (tertiary/aromatic N) is 1. The Morgan fingerprint density at radius 1 is 0.520 bits per heavy atom. The number of rotatable bonds is 38. The third-order valence-electron chi connectivity index (χ3n) is 9.74. The number of aliphatic carboxylic acids is 1. The Bertz CT molecular complexity index is 797. The summed E-state index contributed by atoms with van der Waals surface area (Å²) in [5.74, 6) is -1.72. The third-order valence-corrected chi connectivity index (χ3v) is 9.74. The monoisotopic (exact) mass is 712 g/mol. The van der Waals surface area contributed by atoms with E-state index in [-0.39, 0.29) is 42.7 Å². The van der Waals surface area contributed by atoms with Gasteiger partial charge in [0.05, 0.1) is 40.3 Å². The predicted molar refractivity (Wildman–Crippen MR) is 204 cm³/mol. The molecular weight excluding hydrogens is 630 g/mol. The molecule has 0 saturated heterocycles. The Balaban J connectivity index is 4.24. The van der Waals surface area contributed by atoms with E-state index in [9.17, 15) is 19.5 Å². The van der Waals surface area contributed by atoms with E-state index in [0.717, 1.165) is 38.5 Å². The van der Waals surface area contributed by atoms with Crippen LogP contribution in [-0.4, -0.2) is 75.5 Å². The van der Waals surface area contributed by atoms with E-state index in [2.05, 4.69) is 13.8 Å². The molecule has 0 saturated carbocycles. The highest BCUT2D eigenvalue weighted by Gasteiger charge is 2.25. The molecule has 0 fully saturated rings. The molecule has 50 heavy (non-hydrogen) atoms. The second-order valence-electron chi connectivity index (χ2n) is 15.6. The molecule has 0 heterocycles. The molecule has 0 spiro atoms. The number of likely N-dealkylation sites (N-methyl/N-ethyl adjacent to an activating group) is 1. The smallest absolute Gasteiger partial charge is 0.306 e. The number of quaternary nitrogens is 1. The quantitative estimate of drug-likeness (QED) is 0.0357. The molecule has 8 heteroatoms. The van der Waals surface area contributed by atoms with Crippen LogP contribution in [0.2, 0.25) is 0 Å². The van der Waals surface area contributed by atoms with Gasteiger partial charge in [0.2, 0.25) is 0 Å². The van der Waals surface area contributed by atoms with Gasteiger partial charge in [0.15, 0.2) is 6.10 Å². The minimum atomic E-state index is -1.12. The van der Waals surface area contributed by atoms with Crippen LogP contribution in [0.3, 0.4) is 0 Å². The van der Waals surface area contributed by atoms with Crippen molar-refractivity contribution in [2.45, 2.75) is 212 Å². The van der Waals surface area contributed by atoms with Crippen LogP contribution in [0.5, 0.6) is 0 Å². The van der Waals surface area contributed by atoms with Crippen molar-refractivity contribution in [2.75, 3.05) is 41.0 Å². The minimum absolute atomic E-state index is 0.0484. The van der Waals surface area contributed by atoms with Crippen LogP contribution in [0.15, 0.2) is 0 Å². The lowest BCUT2D eigenvalue weighted by Crippen LogP contribution is -2.55. The second-order valence-corrected chi connectivity index (χ2v) is 15.6. The molecule has 2 unspecified atom stereocenters. The Hall–Kier alpha value is -1.67. The zero-order valence-corrected chi connectivity index (χ0v) is 33.6. The molecule has 0 amide bonds. The summed E-state index contributed by atoms with van der Waals surface area (Å²) in [5, 5.41) is 11.6. The van der Waals surface area contributed by atoms with Gasteiger partial charge in [-0.1, -0.05) is 168 Å². The fourth-order valence-corrected chi connectivity index (χ4v) is 6.42. The Morgan fingerprint density at radius 3 is 1.24 bits per heavy atom. The van der Waals surface area contributed by atoms with Crippen molar-refractivity contribution < 1.29 is 38.2 Å². The van der Waals surface area contributed by atoms with Crippen molar-refractivity contribution >= 4 is 17.9 Å². The number of ether oxygens (including phenoxy) is 3. The van der Waals surface area contributed by atoms with Crippen LogP contribution in [0, 0.1) is 0 Å². The Kier molecular flexibility index (Phi) is 33.3. The van der Waals surface area contributed by atoms with Crippen LogP contribution < -0.4 is 5.11 Å². The van der Waals surface area contributed by atoms with Crippen LogP contribution >= 0.6 is 0 Å². The van der Waals surface area contributed by atoms with Crippen LogP contribution in [0.25, 0.3) is 0 Å². The average molecular weight is 712 g/mol. The summed E-state index contributed by atoms with van der Waals surface area (Å²) in [4.78, 5) is 36.7. The molecule has 0 aliphatic carbocycles. The molecule has 8 nitrogen and oxygen atoms in total. The maximum atomic E-state index is 12.6. The Labute approximate surface area is 308 Å². The standard InChI is InChI=1S/C42H81NO7/c1-6-8-10-12-14-16-17-18-19-20-21-22-23-25-26-28-30-32-40(44)49-37-38(36-48-35-34-39(42(46)47)43(3,4)5)50-41(45)33-31-29-27-24-15-13-11-9-7-2/h38-39H,6-37H2,1-5H3. The molecule has 0 N–H and O–H groups in total. The molecule has 0 aliphatic heterocycles. The maximum absolute atomic E-state index is 12.6. The highest BCUT2D eigenvalue weighted by atomic mass is 16.6. The summed E-state index contributed by atoms with van der Waals surface area (Å²) < 4.78 is 17.1. The van der Waals surface area contributed by atoms with E-state index in [1.54, 1.807) is 21.1 Å². The summed E-state index contributed by atoms with van der Waals surface area (Å²) in [6, 6.07) is -0.718. The third kappa shape index (κ3) is 32.3. The normalized spacial score (nSPS) is 12.9. The van der Waals surface area contributed by atoms with Crippen molar-refractivity contribution in [3.63, 3.8) is 0 Å². The SMILES string of the molecule is CCCCCCCCCCCCCCCCCCCC(=O)OCC(COCCC(C(=O)[O-])[N+](C)(C)C)OC(=O)CCCCCCCCCCC. The van der Waals surface area contributed by atoms with Gasteiger partial charge in [-0.2, -0.15) is 0 Å². The zero-order valence-electron chi connectivity index (χ0n) is 33.6. The van der Waals surface area contributed by atoms with Gasteiger partial charge < -0.3 is 28.6 Å². The predicted octanol–water partition coefficient (Wildman–Crippen LogP) is 9.64. The number of carbonyl (C=O) groups excluding carboxylic acids is 3. The van der Waals surface area contributed by atoms with Crippen molar-refractivity contribution in [1.82, 2.24) is 0 Å². The molecule has 296 valence electrons. The minimum Gasteiger partial charge on any atom is -0.544 e. The van der Waals surface area contributed by atoms with E-state index < -0.39 is 18.1 Å². The second kappa shape index (κ2) is 34.4. The fraction of sp³-hybridized carbons (Fsp3) is 0.929. The van der Waals surface area contributed by atoms with E-state index in [0.29, 0.717) is 12.8 Å². The first-order valence-electron chi connectivity index (χ1n) is 21.1. The van der Waals surface area contributed by atoms with Crippen LogP contribution in [0.4, 0.5) is 0 Å². The van der Waals surface area contributed by atoms with E-state index >= 15 is 0 Å². The summed E-state index contributed by atoms with van der Waals surface area (Å²) in [7, 11) is 5.41. The highest BCUT2D eigenvalue weighted by Crippen LogP contribution is 2.15. The first kappa shape index (κ1) is 48.3. The molecule has 2 atom stereocenters. The highest BCUT2D eigenvalue weighted by molar-refractivity contribution is 5.70. The van der Waals surface area contributed by atoms with Gasteiger partial charge in [0.1, 0.15) is 12.6 Å². The lowest BCUT2D eigenvalue weighted by molar-refractivity contribution is -0.889. The maximum Gasteiger partial charge on any atom is 0.306 e. The van der Waals surface area contributed by atoms with Crippen LogP contribution in [0.1, 0.15) is 200 Å². The van der Waals surface area contributed by atoms with E-state index in [1.807, 2.05) is 0 Å². The fourth-order valence-electron chi connectivity index (χ4n) is 6.42. The van der Waals surface area contributed by atoms with Crippen molar-refractivity contribution in [3.8, 4) is 0 Å². The number of esters is 2. The molecule has 0 aliphatic rings. The molecule has 0 rings (SSSR count). The van der Waals surface area contributed by atoms with Gasteiger partial charge in [-0.25, -0.2) is 0 Å². The number of unbranched alkanes of at least 4 members (excludes halogenated alkanes) is 24. The van der Waals surface area contributed by atoms with Gasteiger partial charge in [0.25, 0.3) is 0 Å². The van der Waals surface area contributed by atoms with E-state index in [4.69, 9.17) is 14.2 Å². The van der Waals surface area contributed by atoms with Gasteiger partial charge >= 0.3 is 11.9 Å².